The third-order valence-corrected chi connectivity index (χ3v) is 4.52. The molecule has 3 aromatic rings. The number of nitrogens with zero attached hydrogens (tertiary/aromatic N) is 4. The van der Waals surface area contributed by atoms with E-state index < -0.39 is 4.92 Å². The number of methoxy groups -OCH3 is 1. The summed E-state index contributed by atoms with van der Waals surface area (Å²) >= 11 is 5.91. The summed E-state index contributed by atoms with van der Waals surface area (Å²) in [5, 5.41) is 15.3. The first-order chi connectivity index (χ1) is 14.5. The molecule has 0 bridgehead atoms. The molecule has 0 saturated carbocycles. The Bertz CT molecular complexity index is 998. The molecule has 0 atom stereocenters. The molecule has 0 saturated heterocycles. The standard InChI is InChI=1S/C20H21ClN6O3/c1-30-11-10-26(13-14-2-6-16(22)7-3-14)19-18(27(28)29)12-23-20(25-19)24-17-8-4-15(21)5-9-17/h2-9,12H,10-11,13,22H2,1H3,(H,23,24,25). The van der Waals surface area contributed by atoms with Gasteiger partial charge in [-0.05, 0) is 42.0 Å². The lowest BCUT2D eigenvalue weighted by Crippen LogP contribution is -2.28. The van der Waals surface area contributed by atoms with E-state index in [2.05, 4.69) is 15.3 Å². The van der Waals surface area contributed by atoms with Crippen LogP contribution in [0.1, 0.15) is 5.56 Å². The molecule has 2 aromatic carbocycles. The smallest absolute Gasteiger partial charge is 0.329 e. The summed E-state index contributed by atoms with van der Waals surface area (Å²) in [6.07, 6.45) is 1.20. The van der Waals surface area contributed by atoms with Crippen LogP contribution in [0.4, 0.5) is 28.8 Å². The average Bonchev–Trinajstić information content (AvgIpc) is 2.74. The number of anilines is 4. The molecule has 0 fully saturated rings. The molecule has 0 spiro atoms. The van der Waals surface area contributed by atoms with Gasteiger partial charge in [0.05, 0.1) is 11.5 Å². The number of nitrogen functional groups attached to an aromatic ring is 1. The number of nitro groups is 1. The van der Waals surface area contributed by atoms with Crippen molar-refractivity contribution in [3.8, 4) is 0 Å². The Hall–Kier alpha value is -3.43. The Morgan fingerprint density at radius 3 is 2.53 bits per heavy atom. The first-order valence-corrected chi connectivity index (χ1v) is 9.46. The number of nitrogens with two attached hydrogens (primary N) is 1. The minimum atomic E-state index is -0.496. The number of halogens is 1. The summed E-state index contributed by atoms with van der Waals surface area (Å²) in [4.78, 5) is 21.4. The van der Waals surface area contributed by atoms with Crippen molar-refractivity contribution >= 4 is 40.4 Å². The maximum Gasteiger partial charge on any atom is 0.329 e. The number of hydrogen-bond donors (Lipinski definition) is 2. The van der Waals surface area contributed by atoms with Crippen molar-refractivity contribution < 1.29 is 9.66 Å². The quantitative estimate of drug-likeness (QED) is 0.298. The van der Waals surface area contributed by atoms with Gasteiger partial charge in [-0.1, -0.05) is 23.7 Å². The monoisotopic (exact) mass is 428 g/mol. The molecule has 0 aliphatic carbocycles. The van der Waals surface area contributed by atoms with Crippen molar-refractivity contribution in [1.82, 2.24) is 9.97 Å². The normalized spacial score (nSPS) is 10.6. The number of ether oxygens (including phenoxy) is 1. The van der Waals surface area contributed by atoms with Crippen LogP contribution >= 0.6 is 11.6 Å². The van der Waals surface area contributed by atoms with Crippen LogP contribution in [0.3, 0.4) is 0 Å². The maximum atomic E-state index is 11.6. The Balaban J connectivity index is 1.94. The highest BCUT2D eigenvalue weighted by Gasteiger charge is 2.23. The second-order valence-electron chi connectivity index (χ2n) is 6.45. The van der Waals surface area contributed by atoms with E-state index in [1.54, 1.807) is 48.4 Å². The molecule has 156 valence electrons. The number of aromatic nitrogens is 2. The van der Waals surface area contributed by atoms with Crippen LogP contribution < -0.4 is 16.0 Å². The van der Waals surface area contributed by atoms with Crippen molar-refractivity contribution in [2.24, 2.45) is 0 Å². The van der Waals surface area contributed by atoms with E-state index in [-0.39, 0.29) is 17.5 Å². The van der Waals surface area contributed by atoms with Gasteiger partial charge in [-0.25, -0.2) is 4.98 Å². The van der Waals surface area contributed by atoms with E-state index in [1.165, 1.54) is 6.20 Å². The second-order valence-corrected chi connectivity index (χ2v) is 6.88. The summed E-state index contributed by atoms with van der Waals surface area (Å²) in [5.74, 6) is 0.429. The summed E-state index contributed by atoms with van der Waals surface area (Å²) in [7, 11) is 1.57. The number of rotatable bonds is 9. The second kappa shape index (κ2) is 9.86. The van der Waals surface area contributed by atoms with E-state index >= 15 is 0 Å². The maximum absolute atomic E-state index is 11.6. The Kier molecular flexibility index (Phi) is 6.99. The SMILES string of the molecule is COCCN(Cc1ccc(N)cc1)c1nc(Nc2ccc(Cl)cc2)ncc1[N+](=O)[O-]. The van der Waals surface area contributed by atoms with E-state index in [0.29, 0.717) is 36.1 Å². The van der Waals surface area contributed by atoms with Crippen molar-refractivity contribution in [3.05, 3.63) is 75.4 Å². The van der Waals surface area contributed by atoms with Crippen LogP contribution in [0.25, 0.3) is 0 Å². The molecule has 0 radical (unpaired) electrons. The van der Waals surface area contributed by atoms with Gasteiger partial charge in [0.1, 0.15) is 6.20 Å². The summed E-state index contributed by atoms with van der Waals surface area (Å²) < 4.78 is 5.19. The molecule has 9 nitrogen and oxygen atoms in total. The third kappa shape index (κ3) is 5.56. The fourth-order valence-electron chi connectivity index (χ4n) is 2.76. The van der Waals surface area contributed by atoms with Gasteiger partial charge in [-0.15, -0.1) is 0 Å². The molecule has 0 amide bonds. The van der Waals surface area contributed by atoms with Crippen LogP contribution in [0.15, 0.2) is 54.7 Å². The first-order valence-electron chi connectivity index (χ1n) is 9.08. The zero-order chi connectivity index (χ0) is 21.5. The zero-order valence-corrected chi connectivity index (χ0v) is 17.0. The van der Waals surface area contributed by atoms with Gasteiger partial charge in [0, 0.05) is 36.6 Å². The fraction of sp³-hybridized carbons (Fsp3) is 0.200. The fourth-order valence-corrected chi connectivity index (χ4v) is 2.88. The highest BCUT2D eigenvalue weighted by Crippen LogP contribution is 2.28. The highest BCUT2D eigenvalue weighted by atomic mass is 35.5. The van der Waals surface area contributed by atoms with E-state index in [4.69, 9.17) is 22.1 Å². The lowest BCUT2D eigenvalue weighted by Gasteiger charge is -2.23. The summed E-state index contributed by atoms with van der Waals surface area (Å²) in [5.41, 5.74) is 7.85. The summed E-state index contributed by atoms with van der Waals surface area (Å²) in [6, 6.07) is 14.3. The predicted octanol–water partition coefficient (Wildman–Crippen LogP) is 4.02. The lowest BCUT2D eigenvalue weighted by atomic mass is 10.2. The topological polar surface area (TPSA) is 119 Å². The molecule has 1 heterocycles. The lowest BCUT2D eigenvalue weighted by molar-refractivity contribution is -0.384. The van der Waals surface area contributed by atoms with Gasteiger partial charge in [0.2, 0.25) is 11.8 Å². The molecule has 1 aromatic heterocycles. The molecule has 30 heavy (non-hydrogen) atoms. The van der Waals surface area contributed by atoms with Crippen LogP contribution in [0.2, 0.25) is 5.02 Å². The van der Waals surface area contributed by atoms with E-state index in [1.807, 2.05) is 12.1 Å². The predicted molar refractivity (Wildman–Crippen MR) is 117 cm³/mol. The minimum absolute atomic E-state index is 0.191. The van der Waals surface area contributed by atoms with Gasteiger partial charge in [0.15, 0.2) is 0 Å². The number of hydrogen-bond acceptors (Lipinski definition) is 8. The zero-order valence-electron chi connectivity index (χ0n) is 16.3. The van der Waals surface area contributed by atoms with Crippen LogP contribution in [0.5, 0.6) is 0 Å². The Labute approximate surface area is 178 Å². The highest BCUT2D eigenvalue weighted by molar-refractivity contribution is 6.30. The Morgan fingerprint density at radius 1 is 1.20 bits per heavy atom. The third-order valence-electron chi connectivity index (χ3n) is 4.27. The van der Waals surface area contributed by atoms with Gasteiger partial charge >= 0.3 is 5.69 Å². The first kappa shape index (κ1) is 21.3. The van der Waals surface area contributed by atoms with Gasteiger partial charge in [-0.3, -0.25) is 10.1 Å². The number of benzene rings is 2. The average molecular weight is 429 g/mol. The molecule has 0 unspecified atom stereocenters. The van der Waals surface area contributed by atoms with E-state index in [0.717, 1.165) is 5.56 Å². The molecule has 3 N–H and O–H groups in total. The van der Waals surface area contributed by atoms with Crippen molar-refractivity contribution in [1.29, 1.82) is 0 Å². The van der Waals surface area contributed by atoms with Crippen LogP contribution in [0, 0.1) is 10.1 Å². The Morgan fingerprint density at radius 2 is 1.90 bits per heavy atom. The van der Waals surface area contributed by atoms with Gasteiger partial charge in [-0.2, -0.15) is 4.98 Å². The van der Waals surface area contributed by atoms with Gasteiger partial charge < -0.3 is 20.7 Å². The molecular weight excluding hydrogens is 408 g/mol. The van der Waals surface area contributed by atoms with Crippen molar-refractivity contribution in [2.75, 3.05) is 36.2 Å². The molecular formula is C20H21ClN6O3. The van der Waals surface area contributed by atoms with Crippen molar-refractivity contribution in [3.63, 3.8) is 0 Å². The summed E-state index contributed by atoms with van der Waals surface area (Å²) in [6.45, 7) is 1.16. The molecule has 10 heteroatoms. The number of nitrogens with one attached hydrogen (secondary N) is 1. The van der Waals surface area contributed by atoms with Crippen molar-refractivity contribution in [2.45, 2.75) is 6.54 Å². The largest absolute Gasteiger partial charge is 0.399 e. The molecule has 0 aliphatic heterocycles. The van der Waals surface area contributed by atoms with Crippen LogP contribution in [-0.2, 0) is 11.3 Å². The minimum Gasteiger partial charge on any atom is -0.399 e. The van der Waals surface area contributed by atoms with Gasteiger partial charge in [0.25, 0.3) is 0 Å². The van der Waals surface area contributed by atoms with E-state index in [9.17, 15) is 10.1 Å². The molecule has 0 aliphatic rings. The van der Waals surface area contributed by atoms with Crippen LogP contribution in [-0.4, -0.2) is 35.2 Å². The molecule has 3 rings (SSSR count).